The van der Waals surface area contributed by atoms with Crippen molar-refractivity contribution in [2.75, 3.05) is 13.2 Å². The van der Waals surface area contributed by atoms with Crippen molar-refractivity contribution >= 4 is 17.9 Å². The summed E-state index contributed by atoms with van der Waals surface area (Å²) in [4.78, 5) is 38.0. The van der Waals surface area contributed by atoms with Crippen molar-refractivity contribution in [2.24, 2.45) is 0 Å². The molecule has 64 heavy (non-hydrogen) atoms. The fourth-order valence-electron chi connectivity index (χ4n) is 7.29. The van der Waals surface area contributed by atoms with E-state index in [1.165, 1.54) is 103 Å². The molecule has 0 aromatic rings. The first-order valence-corrected chi connectivity index (χ1v) is 26.6. The number of carbonyl (C=O) groups is 3. The largest absolute Gasteiger partial charge is 0.462 e. The molecule has 0 aromatic heterocycles. The second kappa shape index (κ2) is 52.2. The Balaban J connectivity index is 4.40. The highest BCUT2D eigenvalue weighted by molar-refractivity contribution is 5.71. The van der Waals surface area contributed by atoms with Gasteiger partial charge in [-0.25, -0.2) is 0 Å². The van der Waals surface area contributed by atoms with E-state index in [0.29, 0.717) is 19.3 Å². The topological polar surface area (TPSA) is 78.9 Å². The highest BCUT2D eigenvalue weighted by Crippen LogP contribution is 2.16. The van der Waals surface area contributed by atoms with Crippen LogP contribution < -0.4 is 0 Å². The first kappa shape index (κ1) is 60.6. The Morgan fingerprint density at radius 1 is 0.344 bits per heavy atom. The third kappa shape index (κ3) is 49.6. The minimum Gasteiger partial charge on any atom is -0.462 e. The molecular weight excluding hydrogens is 793 g/mol. The average molecular weight is 891 g/mol. The molecule has 0 bridgehead atoms. The van der Waals surface area contributed by atoms with Gasteiger partial charge in [-0.05, 0) is 70.6 Å². The predicted molar refractivity (Wildman–Crippen MR) is 274 cm³/mol. The minimum atomic E-state index is -0.803. The van der Waals surface area contributed by atoms with Crippen LogP contribution in [0.5, 0.6) is 0 Å². The normalized spacial score (nSPS) is 12.7. The van der Waals surface area contributed by atoms with Gasteiger partial charge in [0.25, 0.3) is 0 Å². The fourth-order valence-corrected chi connectivity index (χ4v) is 7.29. The minimum absolute atomic E-state index is 0.0973. The molecule has 0 amide bonds. The molecule has 366 valence electrons. The molecule has 0 N–H and O–H groups in total. The van der Waals surface area contributed by atoms with Crippen LogP contribution in [0.25, 0.3) is 0 Å². The molecule has 0 aromatic carbocycles. The molecule has 0 heterocycles. The molecule has 0 fully saturated rings. The van der Waals surface area contributed by atoms with E-state index in [9.17, 15) is 14.4 Å². The van der Waals surface area contributed by atoms with E-state index in [0.717, 1.165) is 103 Å². The number of carbonyl (C=O) groups excluding carboxylic acids is 3. The summed E-state index contributed by atoms with van der Waals surface area (Å²) >= 11 is 0. The van der Waals surface area contributed by atoms with Crippen LogP contribution in [0.1, 0.15) is 245 Å². The molecule has 0 aliphatic heterocycles. The van der Waals surface area contributed by atoms with Gasteiger partial charge in [-0.3, -0.25) is 14.4 Å². The summed E-state index contributed by atoms with van der Waals surface area (Å²) in [6, 6.07) is 0. The van der Waals surface area contributed by atoms with Crippen LogP contribution in [0.15, 0.2) is 85.1 Å². The van der Waals surface area contributed by atoms with Crippen molar-refractivity contribution in [3.05, 3.63) is 85.1 Å². The highest BCUT2D eigenvalue weighted by Gasteiger charge is 2.19. The van der Waals surface area contributed by atoms with Crippen LogP contribution in [0.4, 0.5) is 0 Å². The molecule has 0 saturated heterocycles. The van der Waals surface area contributed by atoms with Gasteiger partial charge in [0.05, 0.1) is 0 Å². The maximum absolute atomic E-state index is 12.8. The second-order valence-electron chi connectivity index (χ2n) is 17.5. The lowest BCUT2D eigenvalue weighted by Gasteiger charge is -2.18. The summed E-state index contributed by atoms with van der Waals surface area (Å²) in [5.74, 6) is -0.958. The Kier molecular flexibility index (Phi) is 49.4. The summed E-state index contributed by atoms with van der Waals surface area (Å²) in [5, 5.41) is 0. The van der Waals surface area contributed by atoms with Crippen molar-refractivity contribution < 1.29 is 28.6 Å². The number of rotatable bonds is 47. The summed E-state index contributed by atoms with van der Waals surface area (Å²) < 4.78 is 16.8. The molecule has 0 spiro atoms. The Hall–Kier alpha value is -3.41. The standard InChI is InChI=1S/C58H98O6/c1-4-7-10-13-16-19-22-25-27-28-29-30-31-34-36-39-42-45-48-51-57(60)63-54-55(53-62-56(59)50-47-44-41-38-35-32-24-21-18-15-12-9-6-3)64-58(61)52-49-46-43-40-37-33-26-23-20-17-14-11-8-5-2/h8-9,11-12,15,17-18,20-21,24,26,32-33,35,55H,4-7,10,13-14,16,19,22-23,25,27-31,34,36-54H2,1-3H3/b11-8+,12-9+,18-15+,20-17+,24-21+,33-26+,35-32+. The van der Waals surface area contributed by atoms with Gasteiger partial charge in [0.2, 0.25) is 0 Å². The van der Waals surface area contributed by atoms with Gasteiger partial charge in [0.15, 0.2) is 6.10 Å². The van der Waals surface area contributed by atoms with Crippen molar-refractivity contribution in [1.82, 2.24) is 0 Å². The van der Waals surface area contributed by atoms with Gasteiger partial charge >= 0.3 is 17.9 Å². The van der Waals surface area contributed by atoms with Crippen molar-refractivity contribution in [3.63, 3.8) is 0 Å². The van der Waals surface area contributed by atoms with Crippen LogP contribution >= 0.6 is 0 Å². The molecule has 6 nitrogen and oxygen atoms in total. The monoisotopic (exact) mass is 891 g/mol. The van der Waals surface area contributed by atoms with Gasteiger partial charge in [-0.1, -0.05) is 241 Å². The number of ether oxygens (including phenoxy) is 3. The first-order chi connectivity index (χ1) is 31.5. The van der Waals surface area contributed by atoms with Crippen molar-refractivity contribution in [2.45, 2.75) is 252 Å². The van der Waals surface area contributed by atoms with Crippen LogP contribution in [0.3, 0.4) is 0 Å². The summed E-state index contributed by atoms with van der Waals surface area (Å²) in [7, 11) is 0. The van der Waals surface area contributed by atoms with Crippen LogP contribution in [-0.4, -0.2) is 37.2 Å². The van der Waals surface area contributed by atoms with Crippen molar-refractivity contribution in [1.29, 1.82) is 0 Å². The lowest BCUT2D eigenvalue weighted by molar-refractivity contribution is -0.167. The second-order valence-corrected chi connectivity index (χ2v) is 17.5. The third-order valence-electron chi connectivity index (χ3n) is 11.2. The van der Waals surface area contributed by atoms with Gasteiger partial charge in [0, 0.05) is 19.3 Å². The number of hydrogen-bond donors (Lipinski definition) is 0. The number of allylic oxidation sites excluding steroid dienone is 14. The molecule has 0 saturated carbocycles. The van der Waals surface area contributed by atoms with Gasteiger partial charge in [-0.2, -0.15) is 0 Å². The zero-order chi connectivity index (χ0) is 46.5. The SMILES string of the molecule is CC/C=C/C=C/C=C/C=C/CCCCCC(=O)OCC(COC(=O)CCCCCCCCCCCCCCCCCCCCC)OC(=O)CCCCCC/C=C/C/C=C/C/C=C/CC. The van der Waals surface area contributed by atoms with E-state index >= 15 is 0 Å². The third-order valence-corrected chi connectivity index (χ3v) is 11.2. The van der Waals surface area contributed by atoms with E-state index in [2.05, 4.69) is 69.4 Å². The lowest BCUT2D eigenvalue weighted by Crippen LogP contribution is -2.30. The Morgan fingerprint density at radius 3 is 1.16 bits per heavy atom. The summed E-state index contributed by atoms with van der Waals surface area (Å²) in [6.45, 7) is 6.34. The molecule has 6 heteroatoms. The van der Waals surface area contributed by atoms with Crippen molar-refractivity contribution in [3.8, 4) is 0 Å². The van der Waals surface area contributed by atoms with E-state index in [1.54, 1.807) is 0 Å². The van der Waals surface area contributed by atoms with E-state index in [4.69, 9.17) is 14.2 Å². The van der Waals surface area contributed by atoms with E-state index in [1.807, 2.05) is 36.5 Å². The molecule has 0 aliphatic carbocycles. The lowest BCUT2D eigenvalue weighted by atomic mass is 10.0. The first-order valence-electron chi connectivity index (χ1n) is 26.6. The average Bonchev–Trinajstić information content (AvgIpc) is 3.29. The zero-order valence-corrected chi connectivity index (χ0v) is 41.8. The van der Waals surface area contributed by atoms with E-state index < -0.39 is 6.10 Å². The highest BCUT2D eigenvalue weighted by atomic mass is 16.6. The molecule has 1 atom stereocenters. The molecule has 1 unspecified atom stereocenters. The van der Waals surface area contributed by atoms with Crippen LogP contribution in [-0.2, 0) is 28.6 Å². The zero-order valence-electron chi connectivity index (χ0n) is 41.8. The maximum atomic E-state index is 12.8. The number of unbranched alkanes of at least 4 members (excludes halogenated alkanes) is 25. The maximum Gasteiger partial charge on any atom is 0.306 e. The van der Waals surface area contributed by atoms with Gasteiger partial charge < -0.3 is 14.2 Å². The number of hydrogen-bond acceptors (Lipinski definition) is 6. The predicted octanol–water partition coefficient (Wildman–Crippen LogP) is 17.6. The van der Waals surface area contributed by atoms with E-state index in [-0.39, 0.29) is 31.1 Å². The van der Waals surface area contributed by atoms with Gasteiger partial charge in [0.1, 0.15) is 13.2 Å². The Morgan fingerprint density at radius 2 is 0.688 bits per heavy atom. The fraction of sp³-hybridized carbons (Fsp3) is 0.707. The van der Waals surface area contributed by atoms with Gasteiger partial charge in [-0.15, -0.1) is 0 Å². The molecular formula is C58H98O6. The number of esters is 3. The summed E-state index contributed by atoms with van der Waals surface area (Å²) in [5.41, 5.74) is 0. The Labute approximate surface area is 395 Å². The van der Waals surface area contributed by atoms with Crippen LogP contribution in [0, 0.1) is 0 Å². The molecule has 0 radical (unpaired) electrons. The summed E-state index contributed by atoms with van der Waals surface area (Å²) in [6.07, 6.45) is 67.2. The molecule has 0 aliphatic rings. The molecule has 0 rings (SSSR count). The Bertz CT molecular complexity index is 1250. The van der Waals surface area contributed by atoms with Crippen LogP contribution in [0.2, 0.25) is 0 Å². The smallest absolute Gasteiger partial charge is 0.306 e. The quantitative estimate of drug-likeness (QED) is 0.0199.